The first-order valence-electron chi connectivity index (χ1n) is 8.93. The fourth-order valence-corrected chi connectivity index (χ4v) is 3.53. The Hall–Kier alpha value is -1.82. The zero-order chi connectivity index (χ0) is 17.6. The Bertz CT molecular complexity index is 663. The van der Waals surface area contributed by atoms with E-state index < -0.39 is 6.10 Å². The van der Waals surface area contributed by atoms with Gasteiger partial charge in [0.2, 0.25) is 5.91 Å². The zero-order valence-corrected chi connectivity index (χ0v) is 15.6. The van der Waals surface area contributed by atoms with Crippen molar-refractivity contribution in [1.82, 2.24) is 4.90 Å². The molecule has 5 nitrogen and oxygen atoms in total. The van der Waals surface area contributed by atoms with Crippen LogP contribution in [0.15, 0.2) is 53.1 Å². The number of rotatable bonds is 6. The summed E-state index contributed by atoms with van der Waals surface area (Å²) in [5, 5.41) is 10.4. The molecular weight excluding hydrogens is 352 g/mol. The SMILES string of the molecule is Cl.NC1CCCC(C(=O)N(Cc2ccccc2)CC(O)c2ccco2)C1. The summed E-state index contributed by atoms with van der Waals surface area (Å²) in [7, 11) is 0. The molecule has 1 amide bonds. The maximum atomic E-state index is 13.1. The molecule has 1 aromatic heterocycles. The highest BCUT2D eigenvalue weighted by atomic mass is 35.5. The molecule has 1 heterocycles. The molecule has 0 saturated heterocycles. The number of nitrogens with two attached hydrogens (primary N) is 1. The Kier molecular flexibility index (Phi) is 7.69. The summed E-state index contributed by atoms with van der Waals surface area (Å²) in [5.41, 5.74) is 7.10. The van der Waals surface area contributed by atoms with Gasteiger partial charge in [0.15, 0.2) is 0 Å². The molecular formula is C20H27ClN2O3. The van der Waals surface area contributed by atoms with Gasteiger partial charge in [0.05, 0.1) is 12.8 Å². The van der Waals surface area contributed by atoms with Crippen molar-refractivity contribution in [3.8, 4) is 0 Å². The van der Waals surface area contributed by atoms with Gasteiger partial charge >= 0.3 is 0 Å². The summed E-state index contributed by atoms with van der Waals surface area (Å²) in [6.07, 6.45) is 4.26. The number of hydrogen-bond acceptors (Lipinski definition) is 4. The lowest BCUT2D eigenvalue weighted by atomic mass is 9.85. The minimum atomic E-state index is -0.833. The molecule has 0 spiro atoms. The third-order valence-electron chi connectivity index (χ3n) is 4.86. The molecule has 26 heavy (non-hydrogen) atoms. The standard InChI is InChI=1S/C20H26N2O3.ClH/c21-17-9-4-8-16(12-17)20(24)22(13-15-6-2-1-3-7-15)14-18(23)19-10-5-11-25-19;/h1-3,5-7,10-11,16-18,23H,4,8-9,12-14,21H2;1H. The molecule has 0 radical (unpaired) electrons. The number of hydrogen-bond donors (Lipinski definition) is 2. The van der Waals surface area contributed by atoms with Crippen LogP contribution in [-0.2, 0) is 11.3 Å². The highest BCUT2D eigenvalue weighted by molar-refractivity contribution is 5.85. The van der Waals surface area contributed by atoms with E-state index in [0.717, 1.165) is 31.2 Å². The molecule has 0 bridgehead atoms. The van der Waals surface area contributed by atoms with Crippen LogP contribution in [0.5, 0.6) is 0 Å². The van der Waals surface area contributed by atoms with E-state index in [0.29, 0.717) is 12.3 Å². The lowest BCUT2D eigenvalue weighted by molar-refractivity contribution is -0.139. The first-order chi connectivity index (χ1) is 12.1. The second-order valence-corrected chi connectivity index (χ2v) is 6.86. The van der Waals surface area contributed by atoms with E-state index in [2.05, 4.69) is 0 Å². The van der Waals surface area contributed by atoms with Crippen molar-refractivity contribution in [1.29, 1.82) is 0 Å². The molecule has 6 heteroatoms. The van der Waals surface area contributed by atoms with E-state index in [4.69, 9.17) is 10.2 Å². The number of furan rings is 1. The average Bonchev–Trinajstić information content (AvgIpc) is 3.16. The fourth-order valence-electron chi connectivity index (χ4n) is 3.53. The number of nitrogens with zero attached hydrogens (tertiary/aromatic N) is 1. The summed E-state index contributed by atoms with van der Waals surface area (Å²) < 4.78 is 5.28. The summed E-state index contributed by atoms with van der Waals surface area (Å²) in [6, 6.07) is 13.4. The van der Waals surface area contributed by atoms with Gasteiger partial charge in [-0.05, 0) is 37.0 Å². The normalized spacial score (nSPS) is 20.8. The van der Waals surface area contributed by atoms with Gasteiger partial charge < -0.3 is 20.2 Å². The van der Waals surface area contributed by atoms with Crippen molar-refractivity contribution >= 4 is 18.3 Å². The Morgan fingerprint density at radius 3 is 2.65 bits per heavy atom. The van der Waals surface area contributed by atoms with Crippen molar-refractivity contribution in [3.05, 3.63) is 60.1 Å². The molecule has 3 atom stereocenters. The fraction of sp³-hybridized carbons (Fsp3) is 0.450. The van der Waals surface area contributed by atoms with Crippen molar-refractivity contribution in [2.24, 2.45) is 11.7 Å². The van der Waals surface area contributed by atoms with Crippen LogP contribution in [0.2, 0.25) is 0 Å². The Labute approximate surface area is 160 Å². The van der Waals surface area contributed by atoms with Crippen molar-refractivity contribution < 1.29 is 14.3 Å². The van der Waals surface area contributed by atoms with Gasteiger partial charge in [-0.15, -0.1) is 12.4 Å². The Morgan fingerprint density at radius 2 is 2.00 bits per heavy atom. The van der Waals surface area contributed by atoms with Crippen LogP contribution in [0.4, 0.5) is 0 Å². The lowest BCUT2D eigenvalue weighted by Gasteiger charge is -2.32. The van der Waals surface area contributed by atoms with Crippen LogP contribution in [0.25, 0.3) is 0 Å². The number of carbonyl (C=O) groups is 1. The third-order valence-corrected chi connectivity index (χ3v) is 4.86. The van der Waals surface area contributed by atoms with E-state index >= 15 is 0 Å². The van der Waals surface area contributed by atoms with Crippen LogP contribution in [0.1, 0.15) is 43.1 Å². The predicted octanol–water partition coefficient (Wildman–Crippen LogP) is 3.28. The number of amides is 1. The van der Waals surface area contributed by atoms with Crippen molar-refractivity contribution in [2.45, 2.75) is 44.4 Å². The summed E-state index contributed by atoms with van der Waals surface area (Å²) in [5.74, 6) is 0.493. The van der Waals surface area contributed by atoms with Gasteiger partial charge in [0, 0.05) is 18.5 Å². The average molecular weight is 379 g/mol. The first kappa shape index (κ1) is 20.5. The number of halogens is 1. The number of aliphatic hydroxyl groups is 1. The van der Waals surface area contributed by atoms with E-state index in [1.807, 2.05) is 30.3 Å². The quantitative estimate of drug-likeness (QED) is 0.808. The maximum absolute atomic E-state index is 13.1. The Balaban J connectivity index is 0.00000243. The van der Waals surface area contributed by atoms with E-state index in [1.165, 1.54) is 6.26 Å². The largest absolute Gasteiger partial charge is 0.467 e. The number of carbonyl (C=O) groups excluding carboxylic acids is 1. The molecule has 1 aliphatic rings. The van der Waals surface area contributed by atoms with Crippen LogP contribution < -0.4 is 5.73 Å². The minimum Gasteiger partial charge on any atom is -0.467 e. The smallest absolute Gasteiger partial charge is 0.226 e. The van der Waals surface area contributed by atoms with Gasteiger partial charge in [-0.1, -0.05) is 36.8 Å². The van der Waals surface area contributed by atoms with Crippen LogP contribution in [0.3, 0.4) is 0 Å². The van der Waals surface area contributed by atoms with E-state index in [1.54, 1.807) is 17.0 Å². The molecule has 2 aromatic rings. The monoisotopic (exact) mass is 378 g/mol. The zero-order valence-electron chi connectivity index (χ0n) is 14.8. The van der Waals surface area contributed by atoms with Crippen molar-refractivity contribution in [3.63, 3.8) is 0 Å². The molecule has 1 fully saturated rings. The second-order valence-electron chi connectivity index (χ2n) is 6.86. The minimum absolute atomic E-state index is 0. The first-order valence-corrected chi connectivity index (χ1v) is 8.93. The summed E-state index contributed by atoms with van der Waals surface area (Å²) in [6.45, 7) is 0.691. The predicted molar refractivity (Wildman–Crippen MR) is 103 cm³/mol. The molecule has 1 saturated carbocycles. The van der Waals surface area contributed by atoms with Gasteiger partial charge in [-0.3, -0.25) is 4.79 Å². The number of benzene rings is 1. The molecule has 1 aromatic carbocycles. The summed E-state index contributed by atoms with van der Waals surface area (Å²) in [4.78, 5) is 14.8. The highest BCUT2D eigenvalue weighted by Crippen LogP contribution is 2.27. The Morgan fingerprint density at radius 1 is 1.23 bits per heavy atom. The molecule has 3 unspecified atom stereocenters. The third kappa shape index (κ3) is 5.34. The van der Waals surface area contributed by atoms with Crippen LogP contribution in [-0.4, -0.2) is 28.5 Å². The van der Waals surface area contributed by atoms with Gasteiger partial charge in [-0.2, -0.15) is 0 Å². The maximum Gasteiger partial charge on any atom is 0.226 e. The van der Waals surface area contributed by atoms with Crippen LogP contribution >= 0.6 is 12.4 Å². The number of aliphatic hydroxyl groups excluding tert-OH is 1. The van der Waals surface area contributed by atoms with E-state index in [-0.39, 0.29) is 36.8 Å². The topological polar surface area (TPSA) is 79.7 Å². The second kappa shape index (κ2) is 9.76. The molecule has 3 rings (SSSR count). The molecule has 3 N–H and O–H groups in total. The molecule has 1 aliphatic carbocycles. The molecule has 142 valence electrons. The van der Waals surface area contributed by atoms with Gasteiger partial charge in [0.25, 0.3) is 0 Å². The summed E-state index contributed by atoms with van der Waals surface area (Å²) >= 11 is 0. The molecule has 0 aliphatic heterocycles. The lowest BCUT2D eigenvalue weighted by Crippen LogP contribution is -2.42. The van der Waals surface area contributed by atoms with Gasteiger partial charge in [0.1, 0.15) is 11.9 Å². The highest BCUT2D eigenvalue weighted by Gasteiger charge is 2.30. The van der Waals surface area contributed by atoms with Gasteiger partial charge in [-0.25, -0.2) is 0 Å². The van der Waals surface area contributed by atoms with E-state index in [9.17, 15) is 9.90 Å². The van der Waals surface area contributed by atoms with Crippen molar-refractivity contribution in [2.75, 3.05) is 6.54 Å². The van der Waals surface area contributed by atoms with Crippen LogP contribution in [0, 0.1) is 5.92 Å².